The number of carbonyl (C=O) groups is 1. The molecule has 2 atom stereocenters. The van der Waals surface area contributed by atoms with E-state index in [1.165, 1.54) is 11.8 Å². The average Bonchev–Trinajstić information content (AvgIpc) is 3.02. The van der Waals surface area contributed by atoms with Crippen LogP contribution in [-0.2, 0) is 0 Å². The van der Waals surface area contributed by atoms with Crippen molar-refractivity contribution in [2.24, 2.45) is 0 Å². The summed E-state index contributed by atoms with van der Waals surface area (Å²) in [4.78, 5) is 12.4. The lowest BCUT2D eigenvalue weighted by Gasteiger charge is -2.33. The number of nitrogens with zero attached hydrogens (tertiary/aromatic N) is 1. The Morgan fingerprint density at radius 3 is 2.83 bits per heavy atom. The van der Waals surface area contributed by atoms with Crippen LogP contribution in [0.4, 0.5) is 0 Å². The summed E-state index contributed by atoms with van der Waals surface area (Å²) >= 11 is 0. The first-order valence-corrected chi connectivity index (χ1v) is 7.75. The van der Waals surface area contributed by atoms with Gasteiger partial charge in [-0.25, -0.2) is 0 Å². The molecule has 6 nitrogen and oxygen atoms in total. The summed E-state index contributed by atoms with van der Waals surface area (Å²) in [6.07, 6.45) is 2.45. The van der Waals surface area contributed by atoms with Crippen molar-refractivity contribution in [2.75, 3.05) is 20.2 Å². The summed E-state index contributed by atoms with van der Waals surface area (Å²) in [5.74, 6) is 0.906. The van der Waals surface area contributed by atoms with Crippen molar-refractivity contribution in [3.05, 3.63) is 47.3 Å². The summed E-state index contributed by atoms with van der Waals surface area (Å²) in [7, 11) is 1.66. The van der Waals surface area contributed by atoms with Gasteiger partial charge in [0.2, 0.25) is 0 Å². The zero-order chi connectivity index (χ0) is 16.2. The first-order chi connectivity index (χ1) is 11.2. The molecular formula is C17H21N3O3. The fourth-order valence-corrected chi connectivity index (χ4v) is 3.00. The second-order valence-corrected chi connectivity index (χ2v) is 5.80. The third-order valence-electron chi connectivity index (χ3n) is 4.30. The number of nitrogens with one attached hydrogen (secondary N) is 2. The van der Waals surface area contributed by atoms with Crippen LogP contribution in [0.3, 0.4) is 0 Å². The van der Waals surface area contributed by atoms with Gasteiger partial charge in [0.05, 0.1) is 7.11 Å². The molecule has 1 fully saturated rings. The Bertz CT molecular complexity index is 666. The molecule has 0 spiro atoms. The van der Waals surface area contributed by atoms with Gasteiger partial charge in [0, 0.05) is 24.1 Å². The molecule has 3 rings (SSSR count). The number of amides is 1. The molecule has 1 aromatic heterocycles. The maximum atomic E-state index is 12.4. The highest BCUT2D eigenvalue weighted by Gasteiger charge is 2.29. The number of hydrogen-bond acceptors (Lipinski definition) is 5. The molecule has 2 heterocycles. The molecule has 1 aliphatic rings. The Balaban J connectivity index is 1.75. The van der Waals surface area contributed by atoms with E-state index in [4.69, 9.17) is 9.26 Å². The van der Waals surface area contributed by atoms with Crippen molar-refractivity contribution in [3.63, 3.8) is 0 Å². The molecule has 1 aliphatic heterocycles. The van der Waals surface area contributed by atoms with Gasteiger partial charge in [0.25, 0.3) is 5.91 Å². The summed E-state index contributed by atoms with van der Waals surface area (Å²) in [5, 5.41) is 10.2. The molecule has 1 aromatic carbocycles. The number of ether oxygens (including phenoxy) is 1. The van der Waals surface area contributed by atoms with Crippen molar-refractivity contribution in [1.29, 1.82) is 0 Å². The van der Waals surface area contributed by atoms with E-state index in [1.54, 1.807) is 7.11 Å². The van der Waals surface area contributed by atoms with Gasteiger partial charge >= 0.3 is 0 Å². The van der Waals surface area contributed by atoms with E-state index >= 15 is 0 Å². The van der Waals surface area contributed by atoms with E-state index in [0.717, 1.165) is 30.8 Å². The van der Waals surface area contributed by atoms with Gasteiger partial charge in [0.1, 0.15) is 12.0 Å². The van der Waals surface area contributed by atoms with Crippen LogP contribution in [0.15, 0.2) is 35.1 Å². The van der Waals surface area contributed by atoms with Gasteiger partial charge in [0.15, 0.2) is 5.69 Å². The van der Waals surface area contributed by atoms with Gasteiger partial charge in [-0.1, -0.05) is 17.3 Å². The number of benzene rings is 1. The van der Waals surface area contributed by atoms with Crippen LogP contribution in [0.5, 0.6) is 5.75 Å². The fraction of sp³-hybridized carbons (Fsp3) is 0.412. The number of piperidine rings is 1. The Kier molecular flexibility index (Phi) is 4.62. The third kappa shape index (κ3) is 3.37. The molecule has 1 saturated heterocycles. The standard InChI is InChI=1S/C17H21N3O3/c1-11-10-23-20-16(11)17(21)19-15-9-18-8-7-14(15)12-3-5-13(22-2)6-4-12/h3-6,10,14-15,18H,7-9H2,1-2H3,(H,19,21)/t14-,15-/m0/s1. The molecule has 1 amide bonds. The molecular weight excluding hydrogens is 294 g/mol. The van der Waals surface area contributed by atoms with Crippen LogP contribution in [-0.4, -0.2) is 37.3 Å². The van der Waals surface area contributed by atoms with E-state index in [0.29, 0.717) is 5.69 Å². The van der Waals surface area contributed by atoms with Crippen LogP contribution in [0.1, 0.15) is 34.0 Å². The minimum atomic E-state index is -0.191. The molecule has 0 bridgehead atoms. The summed E-state index contributed by atoms with van der Waals surface area (Å²) in [6, 6.07) is 8.06. The first kappa shape index (κ1) is 15.6. The Hall–Kier alpha value is -2.34. The predicted molar refractivity (Wildman–Crippen MR) is 85.7 cm³/mol. The second-order valence-electron chi connectivity index (χ2n) is 5.80. The highest BCUT2D eigenvalue weighted by molar-refractivity contribution is 5.93. The van der Waals surface area contributed by atoms with Gasteiger partial charge in [-0.05, 0) is 37.6 Å². The number of hydrogen-bond donors (Lipinski definition) is 2. The van der Waals surface area contributed by atoms with E-state index in [-0.39, 0.29) is 17.9 Å². The van der Waals surface area contributed by atoms with E-state index in [9.17, 15) is 4.79 Å². The maximum absolute atomic E-state index is 12.4. The SMILES string of the molecule is COc1ccc([C@@H]2CCNC[C@@H]2NC(=O)c2nocc2C)cc1. The quantitative estimate of drug-likeness (QED) is 0.901. The van der Waals surface area contributed by atoms with Crippen LogP contribution in [0.25, 0.3) is 0 Å². The number of rotatable bonds is 4. The van der Waals surface area contributed by atoms with Gasteiger partial charge in [-0.2, -0.15) is 0 Å². The smallest absolute Gasteiger partial charge is 0.274 e. The Morgan fingerprint density at radius 1 is 1.39 bits per heavy atom. The van der Waals surface area contributed by atoms with Crippen LogP contribution in [0, 0.1) is 6.92 Å². The zero-order valence-electron chi connectivity index (χ0n) is 13.3. The topological polar surface area (TPSA) is 76.4 Å². The van der Waals surface area contributed by atoms with Crippen LogP contribution >= 0.6 is 0 Å². The minimum Gasteiger partial charge on any atom is -0.497 e. The van der Waals surface area contributed by atoms with Gasteiger partial charge in [-0.3, -0.25) is 4.79 Å². The summed E-state index contributed by atoms with van der Waals surface area (Å²) in [5.41, 5.74) is 2.30. The summed E-state index contributed by atoms with van der Waals surface area (Å²) in [6.45, 7) is 3.48. The van der Waals surface area contributed by atoms with Crippen molar-refractivity contribution in [1.82, 2.24) is 15.8 Å². The maximum Gasteiger partial charge on any atom is 0.274 e. The Morgan fingerprint density at radius 2 is 2.17 bits per heavy atom. The molecule has 0 unspecified atom stereocenters. The second kappa shape index (κ2) is 6.83. The lowest BCUT2D eigenvalue weighted by molar-refractivity contribution is 0.0914. The van der Waals surface area contributed by atoms with E-state index in [1.807, 2.05) is 19.1 Å². The molecule has 6 heteroatoms. The summed E-state index contributed by atoms with van der Waals surface area (Å²) < 4.78 is 10.1. The zero-order valence-corrected chi connectivity index (χ0v) is 13.3. The normalized spacial score (nSPS) is 21.0. The van der Waals surface area contributed by atoms with Crippen LogP contribution < -0.4 is 15.4 Å². The van der Waals surface area contributed by atoms with Gasteiger partial charge in [-0.15, -0.1) is 0 Å². The Labute approximate surface area is 135 Å². The molecule has 2 N–H and O–H groups in total. The van der Waals surface area contributed by atoms with Crippen molar-refractivity contribution < 1.29 is 14.1 Å². The highest BCUT2D eigenvalue weighted by atomic mass is 16.5. The molecule has 2 aromatic rings. The number of methoxy groups -OCH3 is 1. The minimum absolute atomic E-state index is 0.0146. The van der Waals surface area contributed by atoms with Crippen molar-refractivity contribution >= 4 is 5.91 Å². The predicted octanol–water partition coefficient (Wildman–Crippen LogP) is 1.87. The third-order valence-corrected chi connectivity index (χ3v) is 4.30. The number of aryl methyl sites for hydroxylation is 1. The molecule has 0 aliphatic carbocycles. The first-order valence-electron chi connectivity index (χ1n) is 7.75. The lowest BCUT2D eigenvalue weighted by atomic mass is 9.86. The molecule has 122 valence electrons. The average molecular weight is 315 g/mol. The molecule has 23 heavy (non-hydrogen) atoms. The monoisotopic (exact) mass is 315 g/mol. The van der Waals surface area contributed by atoms with Crippen LogP contribution in [0.2, 0.25) is 0 Å². The van der Waals surface area contributed by atoms with Crippen molar-refractivity contribution in [3.8, 4) is 5.75 Å². The number of carbonyl (C=O) groups excluding carboxylic acids is 1. The highest BCUT2D eigenvalue weighted by Crippen LogP contribution is 2.27. The van der Waals surface area contributed by atoms with Crippen molar-refractivity contribution in [2.45, 2.75) is 25.3 Å². The van der Waals surface area contributed by atoms with E-state index < -0.39 is 0 Å². The number of aromatic nitrogens is 1. The molecule has 0 radical (unpaired) electrons. The largest absolute Gasteiger partial charge is 0.497 e. The van der Waals surface area contributed by atoms with E-state index in [2.05, 4.69) is 27.9 Å². The fourth-order valence-electron chi connectivity index (χ4n) is 3.00. The molecule has 0 saturated carbocycles. The van der Waals surface area contributed by atoms with Gasteiger partial charge < -0.3 is 19.9 Å². The lowest BCUT2D eigenvalue weighted by Crippen LogP contribution is -2.50.